The van der Waals surface area contributed by atoms with Gasteiger partial charge in [-0.25, -0.2) is 0 Å². The van der Waals surface area contributed by atoms with Crippen molar-refractivity contribution in [3.8, 4) is 11.5 Å². The van der Waals surface area contributed by atoms with Crippen LogP contribution in [0.25, 0.3) is 0 Å². The first-order chi connectivity index (χ1) is 8.75. The largest absolute Gasteiger partial charge is 0.486 e. The topological polar surface area (TPSA) is 33.7 Å². The number of benzene rings is 1. The fourth-order valence-corrected chi connectivity index (χ4v) is 2.60. The molecule has 1 saturated heterocycles. The lowest BCUT2D eigenvalue weighted by Gasteiger charge is -2.35. The SMILES string of the molecule is Cc1ccc2c(c1N1CCNCC1)OC(C)CO2. The molecule has 1 fully saturated rings. The van der Waals surface area contributed by atoms with E-state index in [2.05, 4.69) is 23.2 Å². The molecule has 1 atom stereocenters. The maximum absolute atomic E-state index is 6.01. The zero-order valence-electron chi connectivity index (χ0n) is 11.0. The highest BCUT2D eigenvalue weighted by atomic mass is 16.6. The van der Waals surface area contributed by atoms with Gasteiger partial charge < -0.3 is 19.7 Å². The molecule has 1 aromatic carbocycles. The summed E-state index contributed by atoms with van der Waals surface area (Å²) in [6.45, 7) is 8.92. The van der Waals surface area contributed by atoms with Crippen LogP contribution in [0.15, 0.2) is 12.1 Å². The van der Waals surface area contributed by atoms with E-state index < -0.39 is 0 Å². The number of nitrogens with zero attached hydrogens (tertiary/aromatic N) is 1. The van der Waals surface area contributed by atoms with Gasteiger partial charge in [-0.3, -0.25) is 0 Å². The van der Waals surface area contributed by atoms with Crippen LogP contribution in [-0.4, -0.2) is 38.9 Å². The zero-order chi connectivity index (χ0) is 12.5. The standard InChI is InChI=1S/C14H20N2O2/c1-10-3-4-12-14(18-11(2)9-17-12)13(10)16-7-5-15-6-8-16/h3-4,11,15H,5-9H2,1-2H3. The van der Waals surface area contributed by atoms with Gasteiger partial charge in [-0.15, -0.1) is 0 Å². The molecule has 1 aromatic rings. The number of piperazine rings is 1. The zero-order valence-corrected chi connectivity index (χ0v) is 11.0. The van der Waals surface area contributed by atoms with Crippen LogP contribution in [-0.2, 0) is 0 Å². The number of nitrogens with one attached hydrogen (secondary N) is 1. The lowest BCUT2D eigenvalue weighted by atomic mass is 10.1. The van der Waals surface area contributed by atoms with E-state index in [0.717, 1.165) is 37.7 Å². The second-order valence-electron chi connectivity index (χ2n) is 5.03. The first kappa shape index (κ1) is 11.7. The first-order valence-corrected chi connectivity index (χ1v) is 6.64. The molecule has 98 valence electrons. The molecule has 2 aliphatic heterocycles. The number of rotatable bonds is 1. The van der Waals surface area contributed by atoms with Crippen LogP contribution in [0.5, 0.6) is 11.5 Å². The third-order valence-electron chi connectivity index (χ3n) is 3.52. The number of ether oxygens (including phenoxy) is 2. The molecule has 0 aliphatic carbocycles. The summed E-state index contributed by atoms with van der Waals surface area (Å²) in [4.78, 5) is 2.39. The van der Waals surface area contributed by atoms with Crippen molar-refractivity contribution in [2.45, 2.75) is 20.0 Å². The molecule has 18 heavy (non-hydrogen) atoms. The minimum Gasteiger partial charge on any atom is -0.486 e. The van der Waals surface area contributed by atoms with Gasteiger partial charge >= 0.3 is 0 Å². The summed E-state index contributed by atoms with van der Waals surface area (Å²) >= 11 is 0. The molecule has 4 heteroatoms. The summed E-state index contributed by atoms with van der Waals surface area (Å²) in [6, 6.07) is 4.14. The van der Waals surface area contributed by atoms with Crippen LogP contribution in [0.3, 0.4) is 0 Å². The van der Waals surface area contributed by atoms with E-state index in [1.165, 1.54) is 11.3 Å². The third kappa shape index (κ3) is 2.01. The van der Waals surface area contributed by atoms with Crippen molar-refractivity contribution in [1.82, 2.24) is 5.32 Å². The molecular weight excluding hydrogens is 228 g/mol. The summed E-state index contributed by atoms with van der Waals surface area (Å²) in [5.41, 5.74) is 2.47. The Labute approximate surface area is 108 Å². The number of hydrogen-bond donors (Lipinski definition) is 1. The molecule has 0 saturated carbocycles. The Morgan fingerprint density at radius 2 is 2.06 bits per heavy atom. The maximum Gasteiger partial charge on any atom is 0.185 e. The molecule has 0 amide bonds. The van der Waals surface area contributed by atoms with E-state index in [4.69, 9.17) is 9.47 Å². The van der Waals surface area contributed by atoms with Crippen LogP contribution in [0.2, 0.25) is 0 Å². The monoisotopic (exact) mass is 248 g/mol. The van der Waals surface area contributed by atoms with Crippen molar-refractivity contribution >= 4 is 5.69 Å². The van der Waals surface area contributed by atoms with Gasteiger partial charge in [0.2, 0.25) is 0 Å². The van der Waals surface area contributed by atoms with Crippen molar-refractivity contribution in [2.75, 3.05) is 37.7 Å². The van der Waals surface area contributed by atoms with Crippen LogP contribution < -0.4 is 19.7 Å². The number of anilines is 1. The fraction of sp³-hybridized carbons (Fsp3) is 0.571. The van der Waals surface area contributed by atoms with Crippen molar-refractivity contribution < 1.29 is 9.47 Å². The molecule has 0 bridgehead atoms. The van der Waals surface area contributed by atoms with E-state index in [1.807, 2.05) is 13.0 Å². The van der Waals surface area contributed by atoms with Crippen molar-refractivity contribution in [3.05, 3.63) is 17.7 Å². The van der Waals surface area contributed by atoms with Crippen molar-refractivity contribution in [2.24, 2.45) is 0 Å². The van der Waals surface area contributed by atoms with Gasteiger partial charge in [0, 0.05) is 26.2 Å². The highest BCUT2D eigenvalue weighted by molar-refractivity contribution is 5.69. The Balaban J connectivity index is 2.01. The van der Waals surface area contributed by atoms with Gasteiger partial charge in [0.15, 0.2) is 11.5 Å². The lowest BCUT2D eigenvalue weighted by molar-refractivity contribution is 0.104. The third-order valence-corrected chi connectivity index (χ3v) is 3.52. The van der Waals surface area contributed by atoms with Gasteiger partial charge in [0.1, 0.15) is 12.7 Å². The van der Waals surface area contributed by atoms with Crippen LogP contribution in [0, 0.1) is 6.92 Å². The number of hydrogen-bond acceptors (Lipinski definition) is 4. The predicted octanol–water partition coefficient (Wildman–Crippen LogP) is 1.56. The minimum absolute atomic E-state index is 0.126. The quantitative estimate of drug-likeness (QED) is 0.818. The van der Waals surface area contributed by atoms with Gasteiger partial charge in [0.05, 0.1) is 5.69 Å². The highest BCUT2D eigenvalue weighted by Crippen LogP contribution is 2.43. The normalized spacial score (nSPS) is 23.0. The Bertz CT molecular complexity index is 442. The van der Waals surface area contributed by atoms with Crippen LogP contribution in [0.1, 0.15) is 12.5 Å². The maximum atomic E-state index is 6.01. The highest BCUT2D eigenvalue weighted by Gasteiger charge is 2.25. The Morgan fingerprint density at radius 3 is 2.83 bits per heavy atom. The summed E-state index contributed by atoms with van der Waals surface area (Å²) < 4.78 is 11.8. The van der Waals surface area contributed by atoms with Gasteiger partial charge in [0.25, 0.3) is 0 Å². The van der Waals surface area contributed by atoms with Crippen molar-refractivity contribution in [3.63, 3.8) is 0 Å². The molecule has 0 radical (unpaired) electrons. The van der Waals surface area contributed by atoms with E-state index in [1.54, 1.807) is 0 Å². The number of fused-ring (bicyclic) bond motifs is 1. The van der Waals surface area contributed by atoms with Gasteiger partial charge in [-0.1, -0.05) is 6.07 Å². The van der Waals surface area contributed by atoms with Gasteiger partial charge in [-0.05, 0) is 25.5 Å². The molecule has 2 aliphatic rings. The van der Waals surface area contributed by atoms with Crippen molar-refractivity contribution in [1.29, 1.82) is 0 Å². The lowest BCUT2D eigenvalue weighted by Crippen LogP contribution is -2.44. The summed E-state index contributed by atoms with van der Waals surface area (Å²) in [5.74, 6) is 1.81. The van der Waals surface area contributed by atoms with E-state index in [-0.39, 0.29) is 6.10 Å². The van der Waals surface area contributed by atoms with Crippen LogP contribution >= 0.6 is 0 Å². The Morgan fingerprint density at radius 1 is 1.28 bits per heavy atom. The molecule has 3 rings (SSSR count). The molecular formula is C14H20N2O2. The average molecular weight is 248 g/mol. The van der Waals surface area contributed by atoms with E-state index in [9.17, 15) is 0 Å². The molecule has 0 spiro atoms. The predicted molar refractivity (Wildman–Crippen MR) is 71.8 cm³/mol. The Kier molecular flexibility index (Phi) is 3.04. The average Bonchev–Trinajstić information content (AvgIpc) is 2.39. The molecule has 1 unspecified atom stereocenters. The van der Waals surface area contributed by atoms with E-state index >= 15 is 0 Å². The summed E-state index contributed by atoms with van der Waals surface area (Å²) in [5, 5.41) is 3.38. The summed E-state index contributed by atoms with van der Waals surface area (Å²) in [7, 11) is 0. The molecule has 4 nitrogen and oxygen atoms in total. The molecule has 2 heterocycles. The first-order valence-electron chi connectivity index (χ1n) is 6.64. The smallest absolute Gasteiger partial charge is 0.185 e. The molecule has 1 N–H and O–H groups in total. The fourth-order valence-electron chi connectivity index (χ4n) is 2.60. The summed E-state index contributed by atoms with van der Waals surface area (Å²) in [6.07, 6.45) is 0.126. The van der Waals surface area contributed by atoms with E-state index in [0.29, 0.717) is 6.61 Å². The molecule has 0 aromatic heterocycles. The second kappa shape index (κ2) is 4.69. The minimum atomic E-state index is 0.126. The second-order valence-corrected chi connectivity index (χ2v) is 5.03. The van der Waals surface area contributed by atoms with Gasteiger partial charge in [-0.2, -0.15) is 0 Å². The Hall–Kier alpha value is -1.42. The number of aryl methyl sites for hydroxylation is 1. The van der Waals surface area contributed by atoms with Crippen LogP contribution in [0.4, 0.5) is 5.69 Å².